The first-order valence-corrected chi connectivity index (χ1v) is 3.76. The van der Waals surface area contributed by atoms with Gasteiger partial charge in [0, 0.05) is 0 Å². The summed E-state index contributed by atoms with van der Waals surface area (Å²) in [5.74, 6) is 0.550. The Morgan fingerprint density at radius 2 is 2.60 bits per heavy atom. The highest BCUT2D eigenvalue weighted by molar-refractivity contribution is 7.99. The van der Waals surface area contributed by atoms with E-state index in [4.69, 9.17) is 5.21 Å². The lowest BCUT2D eigenvalue weighted by atomic mass is 10.5. The molecule has 0 bridgehead atoms. The minimum Gasteiger partial charge on any atom is -0.287 e. The fourth-order valence-corrected chi connectivity index (χ4v) is 1.60. The molecule has 52 valence electrons. The van der Waals surface area contributed by atoms with Gasteiger partial charge in [-0.25, -0.2) is 15.0 Å². The zero-order valence-electron chi connectivity index (χ0n) is 5.06. The molecule has 0 aromatic carbocycles. The summed E-state index contributed by atoms with van der Waals surface area (Å²) in [5.41, 5.74) is 0.701. The van der Waals surface area contributed by atoms with Crippen LogP contribution in [-0.2, 0) is 0 Å². The fraction of sp³-hybridized carbons (Fsp3) is 0.200. The van der Waals surface area contributed by atoms with Gasteiger partial charge in [0.2, 0.25) is 0 Å². The Balaban J connectivity index is 2.51. The van der Waals surface area contributed by atoms with E-state index in [0.717, 1.165) is 10.1 Å². The Hall–Kier alpha value is -0.810. The van der Waals surface area contributed by atoms with Gasteiger partial charge in [0.15, 0.2) is 0 Å². The number of anilines is 1. The van der Waals surface area contributed by atoms with Crippen LogP contribution in [0, 0.1) is 0 Å². The van der Waals surface area contributed by atoms with Crippen molar-refractivity contribution in [3.8, 4) is 0 Å². The third-order valence-electron chi connectivity index (χ3n) is 1.26. The van der Waals surface area contributed by atoms with Gasteiger partial charge < -0.3 is 0 Å². The Morgan fingerprint density at radius 1 is 1.70 bits per heavy atom. The van der Waals surface area contributed by atoms with Crippen molar-refractivity contribution in [3.63, 3.8) is 0 Å². The third kappa shape index (κ3) is 0.748. The summed E-state index contributed by atoms with van der Waals surface area (Å²) in [7, 11) is 0. The minimum atomic E-state index is 0.550. The van der Waals surface area contributed by atoms with Crippen molar-refractivity contribution >= 4 is 17.4 Å². The second-order valence-electron chi connectivity index (χ2n) is 1.89. The average molecular weight is 155 g/mol. The molecule has 0 amide bonds. The average Bonchev–Trinajstić information content (AvgIpc) is 2.34. The standard InChI is InChI=1S/C5H5N3OS/c9-8-3-10-5-4(8)1-6-2-7-5/h1-2,9H,3H2. The Bertz CT molecular complexity index is 254. The highest BCUT2D eigenvalue weighted by Crippen LogP contribution is 2.33. The van der Waals surface area contributed by atoms with Gasteiger partial charge in [-0.2, -0.15) is 0 Å². The van der Waals surface area contributed by atoms with Gasteiger partial charge in [-0.3, -0.25) is 5.21 Å². The predicted molar refractivity (Wildman–Crippen MR) is 37.0 cm³/mol. The maximum absolute atomic E-state index is 9.11. The lowest BCUT2D eigenvalue weighted by Gasteiger charge is -2.05. The molecular weight excluding hydrogens is 150 g/mol. The summed E-state index contributed by atoms with van der Waals surface area (Å²) in [6.07, 6.45) is 3.08. The first-order chi connectivity index (χ1) is 4.88. The fourth-order valence-electron chi connectivity index (χ4n) is 0.791. The van der Waals surface area contributed by atoms with E-state index >= 15 is 0 Å². The summed E-state index contributed by atoms with van der Waals surface area (Å²) in [6, 6.07) is 0. The first-order valence-electron chi connectivity index (χ1n) is 2.77. The summed E-state index contributed by atoms with van der Waals surface area (Å²) < 4.78 is 0. The van der Waals surface area contributed by atoms with E-state index in [2.05, 4.69) is 9.97 Å². The van der Waals surface area contributed by atoms with Crippen molar-refractivity contribution in [1.29, 1.82) is 0 Å². The molecule has 5 heteroatoms. The second kappa shape index (κ2) is 2.10. The molecule has 0 saturated heterocycles. The van der Waals surface area contributed by atoms with Crippen LogP contribution in [0.2, 0.25) is 0 Å². The molecule has 0 unspecified atom stereocenters. The summed E-state index contributed by atoms with van der Waals surface area (Å²) in [4.78, 5) is 7.74. The number of nitrogens with zero attached hydrogens (tertiary/aromatic N) is 3. The van der Waals surface area contributed by atoms with Crippen LogP contribution >= 0.6 is 11.8 Å². The molecule has 2 heterocycles. The highest BCUT2D eigenvalue weighted by atomic mass is 32.2. The molecule has 1 aliphatic rings. The van der Waals surface area contributed by atoms with E-state index in [1.807, 2.05) is 0 Å². The molecule has 2 rings (SSSR count). The summed E-state index contributed by atoms with van der Waals surface area (Å²) >= 11 is 1.50. The molecule has 0 radical (unpaired) electrons. The highest BCUT2D eigenvalue weighted by Gasteiger charge is 2.18. The largest absolute Gasteiger partial charge is 0.287 e. The third-order valence-corrected chi connectivity index (χ3v) is 2.22. The number of fused-ring (bicyclic) bond motifs is 1. The Labute approximate surface area is 61.9 Å². The van der Waals surface area contributed by atoms with Gasteiger partial charge in [-0.15, -0.1) is 0 Å². The van der Waals surface area contributed by atoms with Crippen LogP contribution in [0.15, 0.2) is 17.6 Å². The zero-order chi connectivity index (χ0) is 6.97. The van der Waals surface area contributed by atoms with E-state index in [1.165, 1.54) is 18.1 Å². The van der Waals surface area contributed by atoms with Crippen molar-refractivity contribution < 1.29 is 5.21 Å². The van der Waals surface area contributed by atoms with Crippen molar-refractivity contribution in [2.45, 2.75) is 5.03 Å². The molecule has 1 N–H and O–H groups in total. The van der Waals surface area contributed by atoms with Gasteiger partial charge in [-0.1, -0.05) is 11.8 Å². The number of hydrogen-bond donors (Lipinski definition) is 1. The Morgan fingerprint density at radius 3 is 3.40 bits per heavy atom. The summed E-state index contributed by atoms with van der Waals surface area (Å²) in [6.45, 7) is 0. The van der Waals surface area contributed by atoms with E-state index in [1.54, 1.807) is 6.20 Å². The van der Waals surface area contributed by atoms with Gasteiger partial charge in [0.1, 0.15) is 17.0 Å². The number of hydrogen-bond acceptors (Lipinski definition) is 5. The first kappa shape index (κ1) is 5.94. The normalized spacial score (nSPS) is 15.5. The molecule has 1 aromatic heterocycles. The lowest BCUT2D eigenvalue weighted by Crippen LogP contribution is -2.11. The van der Waals surface area contributed by atoms with Crippen molar-refractivity contribution in [3.05, 3.63) is 12.5 Å². The van der Waals surface area contributed by atoms with Crippen molar-refractivity contribution in [1.82, 2.24) is 9.97 Å². The molecule has 1 aromatic rings. The number of aromatic nitrogens is 2. The predicted octanol–water partition coefficient (Wildman–Crippen LogP) is 0.735. The monoisotopic (exact) mass is 155 g/mol. The van der Waals surface area contributed by atoms with Crippen LogP contribution in [0.3, 0.4) is 0 Å². The van der Waals surface area contributed by atoms with E-state index in [0.29, 0.717) is 11.6 Å². The molecule has 0 aliphatic carbocycles. The van der Waals surface area contributed by atoms with Crippen LogP contribution in [0.1, 0.15) is 0 Å². The van der Waals surface area contributed by atoms with E-state index in [-0.39, 0.29) is 0 Å². The smallest absolute Gasteiger partial charge is 0.127 e. The van der Waals surface area contributed by atoms with Crippen LogP contribution in [0.5, 0.6) is 0 Å². The number of rotatable bonds is 0. The SMILES string of the molecule is ON1CSc2ncncc21. The van der Waals surface area contributed by atoms with E-state index < -0.39 is 0 Å². The second-order valence-corrected chi connectivity index (χ2v) is 2.82. The van der Waals surface area contributed by atoms with E-state index in [9.17, 15) is 0 Å². The number of hydroxylamine groups is 1. The molecule has 0 atom stereocenters. The van der Waals surface area contributed by atoms with Crippen molar-refractivity contribution in [2.75, 3.05) is 10.9 Å². The van der Waals surface area contributed by atoms with Crippen LogP contribution in [0.4, 0.5) is 5.69 Å². The molecule has 0 saturated carbocycles. The molecule has 10 heavy (non-hydrogen) atoms. The topological polar surface area (TPSA) is 49.2 Å². The number of thioether (sulfide) groups is 1. The summed E-state index contributed by atoms with van der Waals surface area (Å²) in [5, 5.41) is 11.1. The molecule has 4 nitrogen and oxygen atoms in total. The van der Waals surface area contributed by atoms with Crippen LogP contribution in [0.25, 0.3) is 0 Å². The quantitative estimate of drug-likeness (QED) is 0.560. The molecule has 0 spiro atoms. The Kier molecular flexibility index (Phi) is 1.25. The van der Waals surface area contributed by atoms with Crippen LogP contribution in [-0.4, -0.2) is 21.1 Å². The minimum absolute atomic E-state index is 0.550. The molecule has 0 fully saturated rings. The maximum Gasteiger partial charge on any atom is 0.127 e. The van der Waals surface area contributed by atoms with Crippen molar-refractivity contribution in [2.24, 2.45) is 0 Å². The van der Waals surface area contributed by atoms with Gasteiger partial charge in [0.25, 0.3) is 0 Å². The zero-order valence-corrected chi connectivity index (χ0v) is 5.88. The van der Waals surface area contributed by atoms with Crippen LogP contribution < -0.4 is 5.06 Å². The lowest BCUT2D eigenvalue weighted by molar-refractivity contribution is 0.274. The molecule has 1 aliphatic heterocycles. The molecular formula is C5H5N3OS. The van der Waals surface area contributed by atoms with Gasteiger partial charge in [-0.05, 0) is 0 Å². The van der Waals surface area contributed by atoms with Gasteiger partial charge >= 0.3 is 0 Å². The maximum atomic E-state index is 9.11. The van der Waals surface area contributed by atoms with Gasteiger partial charge in [0.05, 0.1) is 12.1 Å².